The molecule has 0 bridgehead atoms. The molecule has 0 spiro atoms. The Bertz CT molecular complexity index is 653. The van der Waals surface area contributed by atoms with Crippen LogP contribution in [0.2, 0.25) is 0 Å². The van der Waals surface area contributed by atoms with Crippen LogP contribution in [-0.4, -0.2) is 34.6 Å². The summed E-state index contributed by atoms with van der Waals surface area (Å²) in [5.41, 5.74) is 0.0150. The molecule has 3 nitrogen and oxygen atoms in total. The summed E-state index contributed by atoms with van der Waals surface area (Å²) in [6.45, 7) is 8.70. The Morgan fingerprint density at radius 2 is 1.65 bits per heavy atom. The average molecular weight is 433 g/mol. The second kappa shape index (κ2) is 7.98. The van der Waals surface area contributed by atoms with Crippen LogP contribution in [-0.2, 0) is 4.74 Å². The molecule has 5 rings (SSSR count). The fourth-order valence-electron chi connectivity index (χ4n) is 9.73. The van der Waals surface area contributed by atoms with E-state index in [0.29, 0.717) is 17.4 Å². The summed E-state index contributed by atoms with van der Waals surface area (Å²) >= 11 is 0. The van der Waals surface area contributed by atoms with Crippen LogP contribution in [0.15, 0.2) is 0 Å². The van der Waals surface area contributed by atoms with Gasteiger partial charge in [0.25, 0.3) is 0 Å². The van der Waals surface area contributed by atoms with E-state index >= 15 is 0 Å². The smallest absolute Gasteiger partial charge is 0.0881 e. The van der Waals surface area contributed by atoms with Gasteiger partial charge in [-0.25, -0.2) is 0 Å². The Hall–Kier alpha value is -0.120. The lowest BCUT2D eigenvalue weighted by molar-refractivity contribution is -0.146. The molecule has 4 aliphatic carbocycles. The first-order valence-electron chi connectivity index (χ1n) is 13.7. The third kappa shape index (κ3) is 3.93. The summed E-state index contributed by atoms with van der Waals surface area (Å²) in [4.78, 5) is 0. The maximum absolute atomic E-state index is 10.8. The van der Waals surface area contributed by atoms with Gasteiger partial charge >= 0.3 is 0 Å². The molecule has 1 saturated heterocycles. The van der Waals surface area contributed by atoms with Gasteiger partial charge in [0.1, 0.15) is 0 Å². The summed E-state index contributed by atoms with van der Waals surface area (Å²) in [5, 5.41) is 21.5. The van der Waals surface area contributed by atoms with E-state index in [1.165, 1.54) is 51.4 Å². The van der Waals surface area contributed by atoms with E-state index in [1.54, 1.807) is 0 Å². The van der Waals surface area contributed by atoms with E-state index < -0.39 is 11.2 Å². The summed E-state index contributed by atoms with van der Waals surface area (Å²) in [5.74, 6) is 4.31. The highest BCUT2D eigenvalue weighted by Crippen LogP contribution is 2.68. The van der Waals surface area contributed by atoms with E-state index in [4.69, 9.17) is 4.74 Å². The van der Waals surface area contributed by atoms with Crippen LogP contribution in [0.1, 0.15) is 111 Å². The molecule has 5 aliphatic rings. The number of rotatable bonds is 4. The van der Waals surface area contributed by atoms with Gasteiger partial charge in [0, 0.05) is 6.61 Å². The number of hydrogen-bond donors (Lipinski definition) is 2. The molecule has 3 heteroatoms. The van der Waals surface area contributed by atoms with E-state index in [1.807, 2.05) is 0 Å². The highest BCUT2D eigenvalue weighted by Gasteiger charge is 2.60. The van der Waals surface area contributed by atoms with Crippen LogP contribution < -0.4 is 0 Å². The molecule has 0 aromatic rings. The lowest BCUT2D eigenvalue weighted by Gasteiger charge is -2.62. The molecular formula is C28H48O3. The van der Waals surface area contributed by atoms with Crippen molar-refractivity contribution in [3.8, 4) is 0 Å². The van der Waals surface area contributed by atoms with Gasteiger partial charge in [0.2, 0.25) is 0 Å². The van der Waals surface area contributed by atoms with Crippen molar-refractivity contribution in [2.75, 3.05) is 13.2 Å². The van der Waals surface area contributed by atoms with E-state index in [2.05, 4.69) is 20.8 Å². The lowest BCUT2D eigenvalue weighted by atomic mass is 9.44. The molecule has 0 aromatic carbocycles. The first-order chi connectivity index (χ1) is 14.7. The predicted octanol–water partition coefficient (Wildman–Crippen LogP) is 6.11. The van der Waals surface area contributed by atoms with E-state index in [-0.39, 0.29) is 0 Å². The third-order valence-corrected chi connectivity index (χ3v) is 11.6. The summed E-state index contributed by atoms with van der Waals surface area (Å²) in [6.07, 6.45) is 17.0. The Balaban J connectivity index is 1.23. The Kier molecular flexibility index (Phi) is 5.83. The predicted molar refractivity (Wildman–Crippen MR) is 125 cm³/mol. The van der Waals surface area contributed by atoms with Crippen molar-refractivity contribution < 1.29 is 14.9 Å². The zero-order valence-electron chi connectivity index (χ0n) is 20.5. The number of aliphatic hydroxyl groups is 2. The fourth-order valence-corrected chi connectivity index (χ4v) is 9.73. The highest BCUT2D eigenvalue weighted by molar-refractivity contribution is 5.10. The van der Waals surface area contributed by atoms with Crippen LogP contribution in [0.3, 0.4) is 0 Å². The van der Waals surface area contributed by atoms with Gasteiger partial charge in [-0.05, 0) is 131 Å². The molecular weight excluding hydrogens is 384 g/mol. The molecule has 4 saturated carbocycles. The number of ether oxygens (including phenoxy) is 1. The molecule has 0 amide bonds. The molecule has 9 atom stereocenters. The quantitative estimate of drug-likeness (QED) is 0.563. The van der Waals surface area contributed by atoms with Crippen molar-refractivity contribution in [2.24, 2.45) is 40.4 Å². The number of fused-ring (bicyclic) bond motifs is 5. The van der Waals surface area contributed by atoms with Crippen molar-refractivity contribution in [3.63, 3.8) is 0 Å². The van der Waals surface area contributed by atoms with Crippen LogP contribution in [0, 0.1) is 40.4 Å². The summed E-state index contributed by atoms with van der Waals surface area (Å²) in [7, 11) is 0. The van der Waals surface area contributed by atoms with Gasteiger partial charge in [-0.1, -0.05) is 20.3 Å². The maximum atomic E-state index is 10.8. The minimum Gasteiger partial charge on any atom is -0.390 e. The number of hydrogen-bond acceptors (Lipinski definition) is 3. The first-order valence-corrected chi connectivity index (χ1v) is 13.7. The Morgan fingerprint density at radius 1 is 0.839 bits per heavy atom. The van der Waals surface area contributed by atoms with Gasteiger partial charge in [-0.2, -0.15) is 0 Å². The largest absolute Gasteiger partial charge is 0.390 e. The molecule has 0 radical (unpaired) electrons. The van der Waals surface area contributed by atoms with Crippen molar-refractivity contribution in [1.29, 1.82) is 0 Å². The van der Waals surface area contributed by atoms with Crippen LogP contribution in [0.25, 0.3) is 0 Å². The molecule has 0 aromatic heterocycles. The second-order valence-electron chi connectivity index (χ2n) is 13.4. The molecule has 31 heavy (non-hydrogen) atoms. The zero-order chi connectivity index (χ0) is 21.9. The van der Waals surface area contributed by atoms with Gasteiger partial charge in [0.15, 0.2) is 0 Å². The SMILES string of the molecule is C[C@]1(O)CC[C@@]2(C)C(CCC3C2CC[C@@]2(C)C3CC[C@@H]2CCCC2(O)CCCOC2)C1. The summed E-state index contributed by atoms with van der Waals surface area (Å²) < 4.78 is 5.57. The maximum Gasteiger partial charge on any atom is 0.0881 e. The van der Waals surface area contributed by atoms with Crippen LogP contribution >= 0.6 is 0 Å². The van der Waals surface area contributed by atoms with Gasteiger partial charge in [-0.15, -0.1) is 0 Å². The second-order valence-corrected chi connectivity index (χ2v) is 13.4. The lowest BCUT2D eigenvalue weighted by Crippen LogP contribution is -2.55. The minimum atomic E-state index is -0.552. The molecule has 5 unspecified atom stereocenters. The van der Waals surface area contributed by atoms with Crippen molar-refractivity contribution in [1.82, 2.24) is 0 Å². The van der Waals surface area contributed by atoms with Gasteiger partial charge in [0.05, 0.1) is 17.8 Å². The Labute approximate surface area is 190 Å². The molecule has 178 valence electrons. The molecule has 1 heterocycles. The Morgan fingerprint density at radius 3 is 2.42 bits per heavy atom. The minimum absolute atomic E-state index is 0.425. The third-order valence-electron chi connectivity index (χ3n) is 11.6. The average Bonchev–Trinajstić information content (AvgIpc) is 3.05. The molecule has 5 fully saturated rings. The summed E-state index contributed by atoms with van der Waals surface area (Å²) in [6, 6.07) is 0. The highest BCUT2D eigenvalue weighted by atomic mass is 16.5. The van der Waals surface area contributed by atoms with Crippen molar-refractivity contribution in [2.45, 2.75) is 122 Å². The van der Waals surface area contributed by atoms with E-state index in [0.717, 1.165) is 74.7 Å². The van der Waals surface area contributed by atoms with Gasteiger partial charge < -0.3 is 14.9 Å². The van der Waals surface area contributed by atoms with Gasteiger partial charge in [-0.3, -0.25) is 0 Å². The van der Waals surface area contributed by atoms with Crippen molar-refractivity contribution in [3.05, 3.63) is 0 Å². The normalized spacial score (nSPS) is 54.7. The standard InChI is InChI=1S/C28H48O3/c1-25(29)15-16-27(3)21(18-25)7-9-22-23-10-8-20(26(23,2)14-11-24(22)27)6-4-12-28(30)13-5-17-31-19-28/h20-24,29-30H,4-19H2,1-3H3/t20-,21?,22?,23?,24?,25-,26+,27-,28?/m0/s1. The van der Waals surface area contributed by atoms with Crippen molar-refractivity contribution >= 4 is 0 Å². The zero-order valence-corrected chi connectivity index (χ0v) is 20.5. The first kappa shape index (κ1) is 22.7. The molecule has 2 N–H and O–H groups in total. The van der Waals surface area contributed by atoms with Crippen LogP contribution in [0.4, 0.5) is 0 Å². The van der Waals surface area contributed by atoms with E-state index in [9.17, 15) is 10.2 Å². The topological polar surface area (TPSA) is 49.7 Å². The van der Waals surface area contributed by atoms with Crippen LogP contribution in [0.5, 0.6) is 0 Å². The molecule has 1 aliphatic heterocycles. The monoisotopic (exact) mass is 432 g/mol. The fraction of sp³-hybridized carbons (Fsp3) is 1.00.